The van der Waals surface area contributed by atoms with E-state index in [1.54, 1.807) is 32.3 Å². The van der Waals surface area contributed by atoms with Gasteiger partial charge in [0.2, 0.25) is 0 Å². The van der Waals surface area contributed by atoms with Crippen molar-refractivity contribution in [3.8, 4) is 0 Å². The average Bonchev–Trinajstić information content (AvgIpc) is 2.49. The van der Waals surface area contributed by atoms with Gasteiger partial charge in [-0.2, -0.15) is 0 Å². The van der Waals surface area contributed by atoms with Crippen LogP contribution in [0, 0.1) is 0 Å². The summed E-state index contributed by atoms with van der Waals surface area (Å²) in [5, 5.41) is 3.29. The number of benzene rings is 1. The smallest absolute Gasteiger partial charge is 0.257 e. The lowest BCUT2D eigenvalue weighted by molar-refractivity contribution is 0.0827. The number of anilines is 1. The number of rotatable bonds is 3. The third-order valence-electron chi connectivity index (χ3n) is 2.86. The van der Waals surface area contributed by atoms with Crippen molar-refractivity contribution in [2.24, 2.45) is 0 Å². The van der Waals surface area contributed by atoms with Gasteiger partial charge in [0.25, 0.3) is 11.8 Å². The molecule has 0 atom stereocenters. The molecule has 0 aliphatic heterocycles. The van der Waals surface area contributed by atoms with Gasteiger partial charge in [0, 0.05) is 25.9 Å². The van der Waals surface area contributed by atoms with Crippen LogP contribution in [0.3, 0.4) is 0 Å². The van der Waals surface area contributed by atoms with Gasteiger partial charge in [-0.3, -0.25) is 9.59 Å². The molecule has 2 amide bonds. The summed E-state index contributed by atoms with van der Waals surface area (Å²) in [5.41, 5.74) is 1.12. The molecule has 0 aliphatic rings. The minimum Gasteiger partial charge on any atom is -0.345 e. The summed E-state index contributed by atoms with van der Waals surface area (Å²) in [4.78, 5) is 29.4. The highest BCUT2D eigenvalue weighted by molar-refractivity contribution is 6.34. The summed E-state index contributed by atoms with van der Waals surface area (Å²) in [6.45, 7) is 0. The van der Waals surface area contributed by atoms with Crippen molar-refractivity contribution in [1.29, 1.82) is 0 Å². The minimum atomic E-state index is -0.388. The molecule has 1 heterocycles. The molecule has 0 fully saturated rings. The van der Waals surface area contributed by atoms with Crippen LogP contribution in [0.25, 0.3) is 0 Å². The molecule has 0 bridgehead atoms. The van der Waals surface area contributed by atoms with E-state index in [0.29, 0.717) is 27.0 Å². The van der Waals surface area contributed by atoms with Gasteiger partial charge in [-0.05, 0) is 30.3 Å². The molecule has 0 spiro atoms. The number of pyridine rings is 1. The predicted octanol–water partition coefficient (Wildman–Crippen LogP) is 3.34. The van der Waals surface area contributed by atoms with Crippen LogP contribution in [-0.4, -0.2) is 35.8 Å². The van der Waals surface area contributed by atoms with Crippen LogP contribution in [0.4, 0.5) is 5.69 Å². The summed E-state index contributed by atoms with van der Waals surface area (Å²) in [6.07, 6.45) is 1.36. The van der Waals surface area contributed by atoms with Crippen LogP contribution in [0.15, 0.2) is 36.5 Å². The molecule has 0 unspecified atom stereocenters. The molecule has 2 rings (SSSR count). The zero-order valence-electron chi connectivity index (χ0n) is 11.9. The van der Waals surface area contributed by atoms with Gasteiger partial charge in [0.15, 0.2) is 0 Å². The fourth-order valence-corrected chi connectivity index (χ4v) is 1.99. The van der Waals surface area contributed by atoms with Crippen molar-refractivity contribution >= 4 is 40.7 Å². The highest BCUT2D eigenvalue weighted by atomic mass is 35.5. The van der Waals surface area contributed by atoms with Crippen LogP contribution >= 0.6 is 23.2 Å². The molecule has 1 aromatic carbocycles. The van der Waals surface area contributed by atoms with Crippen molar-refractivity contribution in [1.82, 2.24) is 9.88 Å². The molecule has 22 heavy (non-hydrogen) atoms. The molecule has 1 aromatic heterocycles. The second kappa shape index (κ2) is 6.77. The maximum absolute atomic E-state index is 12.1. The Morgan fingerprint density at radius 2 is 1.77 bits per heavy atom. The summed E-state index contributed by atoms with van der Waals surface area (Å²) >= 11 is 11.7. The Morgan fingerprint density at radius 3 is 2.36 bits per heavy atom. The van der Waals surface area contributed by atoms with Crippen LogP contribution in [0.5, 0.6) is 0 Å². The fourth-order valence-electron chi connectivity index (χ4n) is 1.72. The summed E-state index contributed by atoms with van der Waals surface area (Å²) in [7, 11) is 3.29. The second-order valence-electron chi connectivity index (χ2n) is 4.72. The van der Waals surface area contributed by atoms with Gasteiger partial charge < -0.3 is 10.2 Å². The van der Waals surface area contributed by atoms with Gasteiger partial charge in [0.1, 0.15) is 5.15 Å². The van der Waals surface area contributed by atoms with Crippen molar-refractivity contribution in [2.75, 3.05) is 19.4 Å². The van der Waals surface area contributed by atoms with Gasteiger partial charge in [0.05, 0.1) is 16.3 Å². The second-order valence-corrected chi connectivity index (χ2v) is 5.51. The molecule has 0 saturated heterocycles. The molecule has 7 heteroatoms. The molecule has 2 aromatic rings. The van der Waals surface area contributed by atoms with Crippen LogP contribution in [-0.2, 0) is 0 Å². The van der Waals surface area contributed by atoms with E-state index in [9.17, 15) is 9.59 Å². The topological polar surface area (TPSA) is 62.3 Å². The van der Waals surface area contributed by atoms with Crippen LogP contribution < -0.4 is 5.32 Å². The maximum Gasteiger partial charge on any atom is 0.257 e. The summed E-state index contributed by atoms with van der Waals surface area (Å²) in [5.74, 6) is -0.569. The number of hydrogen-bond donors (Lipinski definition) is 1. The number of carbonyl (C=O) groups is 2. The van der Waals surface area contributed by atoms with E-state index >= 15 is 0 Å². The number of amides is 2. The SMILES string of the molecule is CN(C)C(=O)c1ccc(Cl)c(NC(=O)c2ccc(Cl)nc2)c1. The first-order valence-electron chi connectivity index (χ1n) is 6.32. The Labute approximate surface area is 137 Å². The quantitative estimate of drug-likeness (QED) is 0.873. The lowest BCUT2D eigenvalue weighted by atomic mass is 10.1. The van der Waals surface area contributed by atoms with Crippen molar-refractivity contribution in [3.05, 3.63) is 57.8 Å². The van der Waals surface area contributed by atoms with E-state index in [1.807, 2.05) is 0 Å². The third kappa shape index (κ3) is 3.75. The fraction of sp³-hybridized carbons (Fsp3) is 0.133. The first-order valence-corrected chi connectivity index (χ1v) is 7.08. The first-order chi connectivity index (χ1) is 10.4. The monoisotopic (exact) mass is 337 g/mol. The number of aromatic nitrogens is 1. The molecular formula is C15H13Cl2N3O2. The van der Waals surface area contributed by atoms with Crippen LogP contribution in [0.2, 0.25) is 10.2 Å². The molecule has 0 saturated carbocycles. The first kappa shape index (κ1) is 16.3. The Hall–Kier alpha value is -2.11. The van der Waals surface area contributed by atoms with Gasteiger partial charge >= 0.3 is 0 Å². The van der Waals surface area contributed by atoms with Crippen molar-refractivity contribution < 1.29 is 9.59 Å². The lowest BCUT2D eigenvalue weighted by Crippen LogP contribution is -2.22. The predicted molar refractivity (Wildman–Crippen MR) is 86.7 cm³/mol. The van der Waals surface area contributed by atoms with Gasteiger partial charge in [-0.15, -0.1) is 0 Å². The molecular weight excluding hydrogens is 325 g/mol. The van der Waals surface area contributed by atoms with Crippen molar-refractivity contribution in [2.45, 2.75) is 0 Å². The Kier molecular flexibility index (Phi) is 5.00. The van der Waals surface area contributed by atoms with E-state index in [2.05, 4.69) is 10.3 Å². The Bertz CT molecular complexity index is 715. The number of carbonyl (C=O) groups excluding carboxylic acids is 2. The maximum atomic E-state index is 12.1. The van der Waals surface area contributed by atoms with E-state index in [4.69, 9.17) is 23.2 Å². The van der Waals surface area contributed by atoms with Gasteiger partial charge in [-0.25, -0.2) is 4.98 Å². The summed E-state index contributed by atoms with van der Waals surface area (Å²) < 4.78 is 0. The zero-order valence-corrected chi connectivity index (χ0v) is 13.4. The normalized spacial score (nSPS) is 10.2. The Balaban J connectivity index is 2.25. The van der Waals surface area contributed by atoms with Crippen molar-refractivity contribution in [3.63, 3.8) is 0 Å². The number of nitrogens with one attached hydrogen (secondary N) is 1. The van der Waals surface area contributed by atoms with E-state index in [-0.39, 0.29) is 11.8 Å². The lowest BCUT2D eigenvalue weighted by Gasteiger charge is -2.13. The largest absolute Gasteiger partial charge is 0.345 e. The highest BCUT2D eigenvalue weighted by Gasteiger charge is 2.13. The molecule has 1 N–H and O–H groups in total. The Morgan fingerprint density at radius 1 is 1.09 bits per heavy atom. The number of nitrogens with zero attached hydrogens (tertiary/aromatic N) is 2. The molecule has 114 valence electrons. The summed E-state index contributed by atoms with van der Waals surface area (Å²) in [6, 6.07) is 7.77. The number of halogens is 2. The average molecular weight is 338 g/mol. The standard InChI is InChI=1S/C15H13Cl2N3O2/c1-20(2)15(22)9-3-5-11(16)12(7-9)19-14(21)10-4-6-13(17)18-8-10/h3-8H,1-2H3,(H,19,21). The van der Waals surface area contributed by atoms with Crippen LogP contribution in [0.1, 0.15) is 20.7 Å². The van der Waals surface area contributed by atoms with Gasteiger partial charge in [-0.1, -0.05) is 23.2 Å². The minimum absolute atomic E-state index is 0.180. The third-order valence-corrected chi connectivity index (χ3v) is 3.41. The molecule has 0 aliphatic carbocycles. The number of hydrogen-bond acceptors (Lipinski definition) is 3. The zero-order chi connectivity index (χ0) is 16.3. The van der Waals surface area contributed by atoms with E-state index in [1.165, 1.54) is 23.2 Å². The highest BCUT2D eigenvalue weighted by Crippen LogP contribution is 2.24. The molecule has 5 nitrogen and oxygen atoms in total. The van der Waals surface area contributed by atoms with E-state index < -0.39 is 0 Å². The molecule has 0 radical (unpaired) electrons. The van der Waals surface area contributed by atoms with E-state index in [0.717, 1.165) is 0 Å².